The number of unbranched alkanes of at least 4 members (excludes halogenated alkanes) is 1. The number of fused-ring (bicyclic) bond motifs is 1. The van der Waals surface area contributed by atoms with Crippen molar-refractivity contribution >= 4 is 29.8 Å². The number of hydroxylamine groups is 1. The molecule has 0 spiro atoms. The number of benzene rings is 1. The van der Waals surface area contributed by atoms with Crippen molar-refractivity contribution in [1.29, 1.82) is 0 Å². The zero-order valence-corrected chi connectivity index (χ0v) is 24.5. The molecule has 14 nitrogen and oxygen atoms in total. The van der Waals surface area contributed by atoms with E-state index in [4.69, 9.17) is 24.2 Å². The van der Waals surface area contributed by atoms with E-state index in [0.717, 1.165) is 31.1 Å². The quantitative estimate of drug-likeness (QED) is 0.0856. The fourth-order valence-electron chi connectivity index (χ4n) is 4.80. The lowest BCUT2D eigenvalue weighted by Crippen LogP contribution is -2.36. The van der Waals surface area contributed by atoms with Gasteiger partial charge in [0.05, 0.1) is 38.5 Å². The number of amides is 4. The Labute approximate surface area is 255 Å². The Balaban J connectivity index is 1.04. The Morgan fingerprint density at radius 3 is 2.57 bits per heavy atom. The third-order valence-corrected chi connectivity index (χ3v) is 8.57. The first-order valence-electron chi connectivity index (χ1n) is 14.1. The first-order valence-corrected chi connectivity index (χ1v) is 15.1. The summed E-state index contributed by atoms with van der Waals surface area (Å²) in [6, 6.07) is 3.90. The Hall–Kier alpha value is -3.35. The molecule has 0 saturated carbocycles. The zero-order chi connectivity index (χ0) is 31.6. The Bertz CT molecular complexity index is 1190. The molecular weight excluding hydrogens is 613 g/mol. The van der Waals surface area contributed by atoms with E-state index >= 15 is 0 Å². The number of carbonyl (C=O) groups is 3. The third-order valence-electron chi connectivity index (χ3n) is 7.06. The highest BCUT2D eigenvalue weighted by molar-refractivity contribution is 8.00. The molecule has 18 heteroatoms. The van der Waals surface area contributed by atoms with E-state index in [0.29, 0.717) is 30.4 Å². The van der Waals surface area contributed by atoms with Gasteiger partial charge in [-0.1, -0.05) is 18.6 Å². The molecule has 1 aromatic rings. The van der Waals surface area contributed by atoms with E-state index in [1.165, 1.54) is 12.1 Å². The van der Waals surface area contributed by atoms with Gasteiger partial charge in [-0.25, -0.2) is 9.59 Å². The number of urea groups is 1. The number of ether oxygens (including phenoxy) is 3. The Morgan fingerprint density at radius 2 is 1.84 bits per heavy atom. The highest BCUT2D eigenvalue weighted by Crippen LogP contribution is 2.53. The molecule has 3 aliphatic rings. The molecule has 5 N–H and O–H groups in total. The molecule has 0 aromatic heterocycles. The highest BCUT2D eigenvalue weighted by Gasteiger charge is 2.65. The van der Waals surface area contributed by atoms with Gasteiger partial charge in [0.25, 0.3) is 0 Å². The topological polar surface area (TPSA) is 181 Å². The molecule has 0 bridgehead atoms. The van der Waals surface area contributed by atoms with Crippen molar-refractivity contribution in [2.24, 2.45) is 10.2 Å². The van der Waals surface area contributed by atoms with Crippen molar-refractivity contribution in [1.82, 2.24) is 21.4 Å². The fraction of sp³-hybridized carbons (Fsp3) is 0.654. The lowest BCUT2D eigenvalue weighted by Gasteiger charge is -2.18. The number of hydrogen-bond donors (Lipinski definition) is 5. The summed E-state index contributed by atoms with van der Waals surface area (Å²) in [6.07, 6.45) is -3.10. The number of carboxylic acid groups (broad SMARTS) is 1. The van der Waals surface area contributed by atoms with Gasteiger partial charge in [-0.2, -0.15) is 30.4 Å². The van der Waals surface area contributed by atoms with Gasteiger partial charge in [-0.3, -0.25) is 9.63 Å². The molecule has 3 aliphatic heterocycles. The van der Waals surface area contributed by atoms with Crippen molar-refractivity contribution in [2.45, 2.75) is 61.5 Å². The van der Waals surface area contributed by atoms with Gasteiger partial charge in [-0.15, -0.1) is 10.2 Å². The van der Waals surface area contributed by atoms with Crippen molar-refractivity contribution in [2.75, 3.05) is 45.3 Å². The van der Waals surface area contributed by atoms with Gasteiger partial charge in [0, 0.05) is 35.1 Å². The van der Waals surface area contributed by atoms with Crippen LogP contribution in [0.1, 0.15) is 36.8 Å². The van der Waals surface area contributed by atoms with Gasteiger partial charge in [-0.05, 0) is 18.9 Å². The number of nitrogens with one attached hydrogen (secondary N) is 4. The van der Waals surface area contributed by atoms with E-state index in [2.05, 4.69) is 26.2 Å². The monoisotopic (exact) mass is 648 g/mol. The van der Waals surface area contributed by atoms with Crippen molar-refractivity contribution in [3.05, 3.63) is 29.3 Å². The van der Waals surface area contributed by atoms with Crippen LogP contribution in [0.15, 0.2) is 28.4 Å². The molecule has 4 amide bonds. The molecule has 3 heterocycles. The smallest absolute Gasteiger partial charge is 0.442 e. The maximum Gasteiger partial charge on any atom is 0.442 e. The van der Waals surface area contributed by atoms with Crippen molar-refractivity contribution in [3.63, 3.8) is 0 Å². The summed E-state index contributed by atoms with van der Waals surface area (Å²) in [4.78, 5) is 38.9. The summed E-state index contributed by atoms with van der Waals surface area (Å²) < 4.78 is 56.7. The summed E-state index contributed by atoms with van der Waals surface area (Å²) in [5.41, 5.74) is -0.864. The van der Waals surface area contributed by atoms with E-state index < -0.39 is 17.9 Å². The van der Waals surface area contributed by atoms with Crippen LogP contribution in [-0.4, -0.2) is 92.0 Å². The molecule has 2 fully saturated rings. The van der Waals surface area contributed by atoms with Crippen LogP contribution >= 0.6 is 11.8 Å². The van der Waals surface area contributed by atoms with Crippen LogP contribution in [-0.2, 0) is 31.4 Å². The average molecular weight is 649 g/mol. The number of halogens is 3. The zero-order valence-electron chi connectivity index (χ0n) is 23.7. The predicted molar refractivity (Wildman–Crippen MR) is 149 cm³/mol. The summed E-state index contributed by atoms with van der Waals surface area (Å²) in [5.74, 6) is 0.904. The van der Waals surface area contributed by atoms with Crippen LogP contribution in [0.4, 0.5) is 22.8 Å². The number of nitrogens with zero attached hydrogens (tertiary/aromatic N) is 2. The standard InChI is InChI=1S/C26H35F3N6O8S/c27-26(28,29)25(34-35-25)17-6-5-16(14-43-33-24(38)39)19(13-17)42-12-11-41-10-9-40-8-7-30-21(36)4-2-1-3-20-22-18(15-44-20)31-23(37)32-22/h5-6,13,18,20,22,33H,1-4,7-12,14-15H2,(H,30,36)(H,38,39)(H2,31,32,37)/t18-,20-,22-/m0/s1. The SMILES string of the molecule is O=C(O)NOCc1ccc(C2(C(F)(F)F)N=N2)cc1OCCOCCOCCNC(=O)CCCC[C@@H]1SC[C@@H]2NC(=O)N[C@@H]21. The van der Waals surface area contributed by atoms with E-state index in [9.17, 15) is 27.6 Å². The fourth-order valence-corrected chi connectivity index (χ4v) is 6.34. The first-order chi connectivity index (χ1) is 21.1. The molecule has 1 aromatic carbocycles. The second-order valence-corrected chi connectivity index (χ2v) is 11.5. The number of carbonyl (C=O) groups excluding carboxylic acids is 2. The minimum atomic E-state index is -4.72. The lowest BCUT2D eigenvalue weighted by molar-refractivity contribution is -0.166. The first kappa shape index (κ1) is 33.5. The van der Waals surface area contributed by atoms with Crippen molar-refractivity contribution < 1.29 is 51.7 Å². The van der Waals surface area contributed by atoms with Crippen LogP contribution < -0.4 is 26.2 Å². The lowest BCUT2D eigenvalue weighted by atomic mass is 10.0. The van der Waals surface area contributed by atoms with Gasteiger partial charge >= 0.3 is 24.0 Å². The second-order valence-electron chi connectivity index (χ2n) is 10.2. The van der Waals surface area contributed by atoms with Gasteiger partial charge in [0.1, 0.15) is 19.0 Å². The van der Waals surface area contributed by atoms with Crippen molar-refractivity contribution in [3.8, 4) is 5.75 Å². The average Bonchev–Trinajstić information content (AvgIpc) is 3.61. The molecule has 244 valence electrons. The Morgan fingerprint density at radius 1 is 1.09 bits per heavy atom. The predicted octanol–water partition coefficient (Wildman–Crippen LogP) is 2.82. The van der Waals surface area contributed by atoms with Crippen LogP contribution in [0, 0.1) is 0 Å². The molecular formula is C26H35F3N6O8S. The summed E-state index contributed by atoms with van der Waals surface area (Å²) in [6.45, 7) is 0.936. The number of rotatable bonds is 19. The molecule has 0 radical (unpaired) electrons. The molecule has 0 unspecified atom stereocenters. The Kier molecular flexibility index (Phi) is 11.9. The van der Waals surface area contributed by atoms with E-state index in [1.54, 1.807) is 5.48 Å². The highest BCUT2D eigenvalue weighted by atomic mass is 32.2. The minimum absolute atomic E-state index is 0.0155. The van der Waals surface area contributed by atoms with Gasteiger partial charge in [0.2, 0.25) is 5.91 Å². The molecule has 0 aliphatic carbocycles. The molecule has 4 rings (SSSR count). The largest absolute Gasteiger partial charge is 0.491 e. The van der Waals surface area contributed by atoms with E-state index in [1.807, 2.05) is 11.8 Å². The summed E-state index contributed by atoms with van der Waals surface area (Å²) in [7, 11) is 0. The summed E-state index contributed by atoms with van der Waals surface area (Å²) >= 11 is 1.85. The minimum Gasteiger partial charge on any atom is -0.491 e. The molecule has 44 heavy (non-hydrogen) atoms. The number of thioether (sulfide) groups is 1. The van der Waals surface area contributed by atoms with Crippen LogP contribution in [0.5, 0.6) is 5.75 Å². The van der Waals surface area contributed by atoms with Crippen LogP contribution in [0.2, 0.25) is 0 Å². The van der Waals surface area contributed by atoms with Crippen LogP contribution in [0.25, 0.3) is 0 Å². The number of alkyl halides is 3. The van der Waals surface area contributed by atoms with Crippen LogP contribution in [0.3, 0.4) is 0 Å². The summed E-state index contributed by atoms with van der Waals surface area (Å²) in [5, 5.41) is 24.1. The normalized spacial score (nSPS) is 21.3. The maximum atomic E-state index is 13.4. The maximum absolute atomic E-state index is 13.4. The second kappa shape index (κ2) is 15.6. The third kappa shape index (κ3) is 9.33. The molecule has 3 atom stereocenters. The van der Waals surface area contributed by atoms with Gasteiger partial charge in [0.15, 0.2) is 0 Å². The van der Waals surface area contributed by atoms with Gasteiger partial charge < -0.3 is 35.3 Å². The molecule has 2 saturated heterocycles. The number of hydrogen-bond acceptors (Lipinski definition) is 10. The van der Waals surface area contributed by atoms with E-state index in [-0.39, 0.29) is 68.4 Å².